The summed E-state index contributed by atoms with van der Waals surface area (Å²) >= 11 is 1.19. The Kier molecular flexibility index (Phi) is 4.96. The molecule has 0 atom stereocenters. The molecule has 9 heteroatoms. The molecule has 1 aromatic carbocycles. The van der Waals surface area contributed by atoms with Gasteiger partial charge in [-0.15, -0.1) is 11.3 Å². The van der Waals surface area contributed by atoms with Crippen LogP contribution in [0.5, 0.6) is 0 Å². The van der Waals surface area contributed by atoms with E-state index in [2.05, 4.69) is 26.0 Å². The molecule has 29 heavy (non-hydrogen) atoms. The van der Waals surface area contributed by atoms with E-state index in [4.69, 9.17) is 0 Å². The van der Waals surface area contributed by atoms with Gasteiger partial charge in [-0.25, -0.2) is 9.78 Å². The Bertz CT molecular complexity index is 1200. The zero-order valence-electron chi connectivity index (χ0n) is 15.8. The summed E-state index contributed by atoms with van der Waals surface area (Å²) in [5.41, 5.74) is 2.88. The smallest absolute Gasteiger partial charge is 0.320 e. The predicted octanol–water partition coefficient (Wildman–Crippen LogP) is 4.23. The van der Waals surface area contributed by atoms with Gasteiger partial charge in [0.2, 0.25) is 0 Å². The largest absolute Gasteiger partial charge is 0.324 e. The number of anilines is 3. The number of hydrogen-bond donors (Lipinski definition) is 3. The lowest BCUT2D eigenvalue weighted by atomic mass is 10.2. The van der Waals surface area contributed by atoms with Gasteiger partial charge >= 0.3 is 6.03 Å². The Hall–Kier alpha value is -3.72. The number of aryl methyl sites for hydroxylation is 2. The van der Waals surface area contributed by atoms with Crippen molar-refractivity contribution in [2.24, 2.45) is 7.05 Å². The maximum Gasteiger partial charge on any atom is 0.324 e. The number of carbonyl (C=O) groups excluding carboxylic acids is 2. The van der Waals surface area contributed by atoms with Gasteiger partial charge in [-0.1, -0.05) is 18.2 Å². The number of urea groups is 1. The first kappa shape index (κ1) is 18.6. The molecule has 8 nitrogen and oxygen atoms in total. The molecule has 0 bridgehead atoms. The SMILES string of the molecule is Cc1nn(C)c2ncc(NC(=O)c3ccc(NC(=O)Nc4ccccc4)s3)cc12. The maximum absolute atomic E-state index is 12.6. The van der Waals surface area contributed by atoms with Crippen LogP contribution in [0.25, 0.3) is 11.0 Å². The zero-order valence-corrected chi connectivity index (χ0v) is 16.6. The average Bonchev–Trinajstić information content (AvgIpc) is 3.27. The first-order chi connectivity index (χ1) is 14.0. The van der Waals surface area contributed by atoms with Crippen molar-refractivity contribution in [2.75, 3.05) is 16.0 Å². The monoisotopic (exact) mass is 406 g/mol. The van der Waals surface area contributed by atoms with Crippen LogP contribution in [0.2, 0.25) is 0 Å². The first-order valence-electron chi connectivity index (χ1n) is 8.83. The Morgan fingerprint density at radius 1 is 1.00 bits per heavy atom. The number of rotatable bonds is 4. The molecule has 0 aliphatic rings. The molecule has 3 heterocycles. The molecular weight excluding hydrogens is 388 g/mol. The number of nitrogens with zero attached hydrogens (tertiary/aromatic N) is 3. The van der Waals surface area contributed by atoms with Crippen LogP contribution in [0, 0.1) is 6.92 Å². The van der Waals surface area contributed by atoms with Crippen LogP contribution in [-0.4, -0.2) is 26.7 Å². The average molecular weight is 406 g/mol. The van der Waals surface area contributed by atoms with Gasteiger partial charge in [0.05, 0.1) is 27.5 Å². The fraction of sp³-hybridized carbons (Fsp3) is 0.100. The highest BCUT2D eigenvalue weighted by Crippen LogP contribution is 2.24. The molecule has 3 amide bonds. The summed E-state index contributed by atoms with van der Waals surface area (Å²) in [6, 6.07) is 14.0. The van der Waals surface area contributed by atoms with Crippen LogP contribution >= 0.6 is 11.3 Å². The van der Waals surface area contributed by atoms with E-state index in [0.717, 1.165) is 16.7 Å². The summed E-state index contributed by atoms with van der Waals surface area (Å²) in [7, 11) is 1.83. The van der Waals surface area contributed by atoms with Crippen LogP contribution in [-0.2, 0) is 7.05 Å². The molecular formula is C20H18N6O2S. The molecule has 0 unspecified atom stereocenters. The molecule has 0 aliphatic carbocycles. The lowest BCUT2D eigenvalue weighted by molar-refractivity contribution is 0.103. The third-order valence-corrected chi connectivity index (χ3v) is 5.22. The fourth-order valence-electron chi connectivity index (χ4n) is 2.89. The lowest BCUT2D eigenvalue weighted by Gasteiger charge is -2.05. The van der Waals surface area contributed by atoms with Crippen molar-refractivity contribution in [3.05, 3.63) is 65.3 Å². The predicted molar refractivity (Wildman–Crippen MR) is 115 cm³/mol. The van der Waals surface area contributed by atoms with Gasteiger partial charge in [0.1, 0.15) is 0 Å². The number of amides is 3. The fourth-order valence-corrected chi connectivity index (χ4v) is 3.69. The van der Waals surface area contributed by atoms with Gasteiger partial charge in [0.15, 0.2) is 5.65 Å². The van der Waals surface area contributed by atoms with Crippen molar-refractivity contribution in [2.45, 2.75) is 6.92 Å². The number of nitrogens with one attached hydrogen (secondary N) is 3. The van der Waals surface area contributed by atoms with E-state index < -0.39 is 0 Å². The molecule has 0 fully saturated rings. The minimum absolute atomic E-state index is 0.269. The summed E-state index contributed by atoms with van der Waals surface area (Å²) in [5, 5.41) is 14.1. The topological polar surface area (TPSA) is 101 Å². The summed E-state index contributed by atoms with van der Waals surface area (Å²) in [6.07, 6.45) is 1.60. The third-order valence-electron chi connectivity index (χ3n) is 4.22. The van der Waals surface area contributed by atoms with Crippen molar-refractivity contribution in [1.29, 1.82) is 0 Å². The van der Waals surface area contributed by atoms with E-state index >= 15 is 0 Å². The molecule has 0 radical (unpaired) electrons. The molecule has 3 N–H and O–H groups in total. The molecule has 146 valence electrons. The van der Waals surface area contributed by atoms with Crippen molar-refractivity contribution in [3.8, 4) is 0 Å². The van der Waals surface area contributed by atoms with Gasteiger partial charge in [-0.05, 0) is 37.3 Å². The van der Waals surface area contributed by atoms with Crippen LogP contribution in [0.3, 0.4) is 0 Å². The number of thiophene rings is 1. The Morgan fingerprint density at radius 2 is 1.79 bits per heavy atom. The molecule has 4 rings (SSSR count). The Balaban J connectivity index is 1.42. The minimum atomic E-state index is -0.369. The van der Waals surface area contributed by atoms with Gasteiger partial charge in [-0.3, -0.25) is 14.8 Å². The highest BCUT2D eigenvalue weighted by molar-refractivity contribution is 7.18. The summed E-state index contributed by atoms with van der Waals surface area (Å²) in [5.74, 6) is -0.269. The molecule has 0 spiro atoms. The Morgan fingerprint density at radius 3 is 2.59 bits per heavy atom. The number of hydrogen-bond acceptors (Lipinski definition) is 5. The van der Waals surface area contributed by atoms with Crippen molar-refractivity contribution < 1.29 is 9.59 Å². The highest BCUT2D eigenvalue weighted by atomic mass is 32.1. The summed E-state index contributed by atoms with van der Waals surface area (Å²) in [4.78, 5) is 29.5. The van der Waals surface area contributed by atoms with E-state index in [1.165, 1.54) is 11.3 Å². The maximum atomic E-state index is 12.6. The normalized spacial score (nSPS) is 10.7. The van der Waals surface area contributed by atoms with E-state index in [1.54, 1.807) is 35.1 Å². The summed E-state index contributed by atoms with van der Waals surface area (Å²) in [6.45, 7) is 1.90. The first-order valence-corrected chi connectivity index (χ1v) is 9.65. The molecule has 3 aromatic heterocycles. The van der Waals surface area contributed by atoms with Gasteiger partial charge in [0.25, 0.3) is 5.91 Å². The van der Waals surface area contributed by atoms with Gasteiger partial charge in [-0.2, -0.15) is 5.10 Å². The number of para-hydroxylation sites is 1. The second-order valence-electron chi connectivity index (χ2n) is 6.37. The van der Waals surface area contributed by atoms with Crippen LogP contribution in [0.15, 0.2) is 54.7 Å². The molecule has 0 aliphatic heterocycles. The van der Waals surface area contributed by atoms with Crippen LogP contribution in [0.1, 0.15) is 15.4 Å². The number of pyridine rings is 1. The second kappa shape index (κ2) is 7.72. The Labute approximate surface area is 170 Å². The van der Waals surface area contributed by atoms with Crippen molar-refractivity contribution in [1.82, 2.24) is 14.8 Å². The number of benzene rings is 1. The highest BCUT2D eigenvalue weighted by Gasteiger charge is 2.13. The van der Waals surface area contributed by atoms with Crippen molar-refractivity contribution >= 4 is 50.7 Å². The van der Waals surface area contributed by atoms with Crippen LogP contribution in [0.4, 0.5) is 21.2 Å². The quantitative estimate of drug-likeness (QED) is 0.472. The van der Waals surface area contributed by atoms with E-state index in [9.17, 15) is 9.59 Å². The number of carbonyl (C=O) groups is 2. The lowest BCUT2D eigenvalue weighted by Crippen LogP contribution is -2.18. The molecule has 0 saturated heterocycles. The minimum Gasteiger partial charge on any atom is -0.320 e. The zero-order chi connectivity index (χ0) is 20.4. The molecule has 0 saturated carbocycles. The van der Waals surface area contributed by atoms with E-state index in [1.807, 2.05) is 38.2 Å². The van der Waals surface area contributed by atoms with Crippen molar-refractivity contribution in [3.63, 3.8) is 0 Å². The van der Waals surface area contributed by atoms with E-state index in [-0.39, 0.29) is 11.9 Å². The second-order valence-corrected chi connectivity index (χ2v) is 7.45. The number of aromatic nitrogens is 3. The third kappa shape index (κ3) is 4.09. The van der Waals surface area contributed by atoms with E-state index in [0.29, 0.717) is 21.3 Å². The molecule has 4 aromatic rings. The van der Waals surface area contributed by atoms with Gasteiger partial charge < -0.3 is 10.6 Å². The summed E-state index contributed by atoms with van der Waals surface area (Å²) < 4.78 is 1.70. The van der Waals surface area contributed by atoms with Crippen LogP contribution < -0.4 is 16.0 Å². The number of fused-ring (bicyclic) bond motifs is 1. The van der Waals surface area contributed by atoms with Gasteiger partial charge in [0, 0.05) is 18.1 Å². The standard InChI is InChI=1S/C20H18N6O2S/c1-12-15-10-14(11-21-18(15)26(2)25-12)22-19(27)16-8-9-17(29-16)24-20(28)23-13-6-4-3-5-7-13/h3-11H,1-2H3,(H,22,27)(H2,23,24,28).